The van der Waals surface area contributed by atoms with Crippen molar-refractivity contribution in [3.63, 3.8) is 0 Å². The minimum absolute atomic E-state index is 0.283. The van der Waals surface area contributed by atoms with Crippen molar-refractivity contribution in [3.8, 4) is 17.6 Å². The zero-order valence-corrected chi connectivity index (χ0v) is 17.2. The van der Waals surface area contributed by atoms with E-state index in [4.69, 9.17) is 25.2 Å². The number of aryl methyl sites for hydroxylation is 1. The fraction of sp³-hybridized carbons (Fsp3) is 0.318. The first kappa shape index (κ1) is 22.6. The third-order valence-corrected chi connectivity index (χ3v) is 4.32. The molecule has 1 unspecified atom stereocenters. The Morgan fingerprint density at radius 2 is 1.83 bits per heavy atom. The maximum absolute atomic E-state index is 12.6. The minimum atomic E-state index is -0.924. The Bertz CT molecular complexity index is 935. The summed E-state index contributed by atoms with van der Waals surface area (Å²) in [7, 11) is 1.29. The van der Waals surface area contributed by atoms with Gasteiger partial charge in [-0.2, -0.15) is 5.26 Å². The van der Waals surface area contributed by atoms with E-state index in [0.717, 1.165) is 5.56 Å². The van der Waals surface area contributed by atoms with Gasteiger partial charge < -0.3 is 25.3 Å². The number of hydrogen-bond acceptors (Lipinski definition) is 7. The highest BCUT2D eigenvalue weighted by Crippen LogP contribution is 2.35. The van der Waals surface area contributed by atoms with Crippen molar-refractivity contribution in [2.45, 2.75) is 26.3 Å². The first-order chi connectivity index (χ1) is 14.4. The molecule has 0 aromatic heterocycles. The molecule has 30 heavy (non-hydrogen) atoms. The van der Waals surface area contributed by atoms with Gasteiger partial charge in [-0.05, 0) is 49.2 Å². The van der Waals surface area contributed by atoms with Crippen molar-refractivity contribution in [1.29, 1.82) is 5.26 Å². The second-order valence-corrected chi connectivity index (χ2v) is 6.33. The molecule has 2 aromatic carbocycles. The topological polar surface area (TPSA) is 124 Å². The van der Waals surface area contributed by atoms with Gasteiger partial charge in [0.05, 0.1) is 25.3 Å². The number of nitriles is 1. The first-order valence-corrected chi connectivity index (χ1v) is 9.48. The second-order valence-electron chi connectivity index (χ2n) is 6.33. The monoisotopic (exact) mass is 411 g/mol. The number of anilines is 1. The van der Waals surface area contributed by atoms with E-state index in [0.29, 0.717) is 35.6 Å². The molecule has 8 nitrogen and oxygen atoms in total. The minimum Gasteiger partial charge on any atom is -0.493 e. The molecule has 0 spiro atoms. The van der Waals surface area contributed by atoms with Gasteiger partial charge in [0.25, 0.3) is 5.91 Å². The number of carbonyl (C=O) groups excluding carboxylic acids is 2. The number of benzene rings is 2. The van der Waals surface area contributed by atoms with Crippen LogP contribution in [0.5, 0.6) is 11.5 Å². The SMILES string of the molecule is CCOc1cc(OCC(N)=O)c(C(Nc2ccc(C#N)cc2)C(=O)OC)cc1CC. The number of amides is 1. The van der Waals surface area contributed by atoms with Crippen LogP contribution in [0.4, 0.5) is 5.69 Å². The molecule has 0 radical (unpaired) electrons. The highest BCUT2D eigenvalue weighted by atomic mass is 16.5. The van der Waals surface area contributed by atoms with Crippen LogP contribution in [-0.4, -0.2) is 32.2 Å². The number of nitrogens with zero attached hydrogens (tertiary/aromatic N) is 1. The number of nitrogens with one attached hydrogen (secondary N) is 1. The highest BCUT2D eigenvalue weighted by Gasteiger charge is 2.27. The third-order valence-electron chi connectivity index (χ3n) is 4.32. The smallest absolute Gasteiger partial charge is 0.333 e. The molecule has 0 saturated heterocycles. The van der Waals surface area contributed by atoms with E-state index < -0.39 is 17.9 Å². The van der Waals surface area contributed by atoms with Crippen molar-refractivity contribution in [3.05, 3.63) is 53.1 Å². The summed E-state index contributed by atoms with van der Waals surface area (Å²) in [4.78, 5) is 23.9. The molecule has 0 bridgehead atoms. The average Bonchev–Trinajstić information content (AvgIpc) is 2.76. The first-order valence-electron chi connectivity index (χ1n) is 9.48. The molecule has 0 fully saturated rings. The van der Waals surface area contributed by atoms with Crippen LogP contribution in [0.25, 0.3) is 0 Å². The number of hydrogen-bond donors (Lipinski definition) is 2. The van der Waals surface area contributed by atoms with Crippen LogP contribution in [0.15, 0.2) is 36.4 Å². The molecule has 2 aromatic rings. The molecule has 1 amide bonds. The molecule has 2 rings (SSSR count). The summed E-state index contributed by atoms with van der Waals surface area (Å²) in [6.45, 7) is 3.92. The Morgan fingerprint density at radius 3 is 2.37 bits per heavy atom. The van der Waals surface area contributed by atoms with Gasteiger partial charge in [0.2, 0.25) is 0 Å². The van der Waals surface area contributed by atoms with E-state index in [9.17, 15) is 9.59 Å². The molecular weight excluding hydrogens is 386 g/mol. The molecule has 0 aliphatic heterocycles. The van der Waals surface area contributed by atoms with Crippen molar-refractivity contribution in [2.24, 2.45) is 5.73 Å². The summed E-state index contributed by atoms with van der Waals surface area (Å²) < 4.78 is 16.3. The molecule has 8 heteroatoms. The molecule has 3 N–H and O–H groups in total. The van der Waals surface area contributed by atoms with E-state index in [1.165, 1.54) is 7.11 Å². The van der Waals surface area contributed by atoms with Crippen LogP contribution in [-0.2, 0) is 20.7 Å². The molecule has 1 atom stereocenters. The number of primary amides is 1. The molecule has 0 aliphatic carbocycles. The van der Waals surface area contributed by atoms with Crippen LogP contribution in [0, 0.1) is 11.3 Å². The van der Waals surface area contributed by atoms with Gasteiger partial charge in [0, 0.05) is 17.3 Å². The fourth-order valence-corrected chi connectivity index (χ4v) is 2.88. The molecular formula is C22H25N3O5. The fourth-order valence-electron chi connectivity index (χ4n) is 2.88. The lowest BCUT2D eigenvalue weighted by Gasteiger charge is -2.23. The normalized spacial score (nSPS) is 11.1. The third kappa shape index (κ3) is 5.64. The maximum atomic E-state index is 12.6. The van der Waals surface area contributed by atoms with Gasteiger partial charge in [-0.1, -0.05) is 6.92 Å². The highest BCUT2D eigenvalue weighted by molar-refractivity contribution is 5.82. The van der Waals surface area contributed by atoms with Gasteiger partial charge in [0.15, 0.2) is 12.6 Å². The second kappa shape index (κ2) is 10.7. The van der Waals surface area contributed by atoms with Crippen molar-refractivity contribution >= 4 is 17.6 Å². The summed E-state index contributed by atoms with van der Waals surface area (Å²) in [6.07, 6.45) is 0.656. The Balaban J connectivity index is 2.53. The lowest BCUT2D eigenvalue weighted by atomic mass is 9.99. The van der Waals surface area contributed by atoms with Crippen LogP contribution in [0.3, 0.4) is 0 Å². The Hall–Kier alpha value is -3.73. The van der Waals surface area contributed by atoms with Gasteiger partial charge in [-0.25, -0.2) is 4.79 Å². The van der Waals surface area contributed by atoms with Crippen molar-refractivity contribution in [1.82, 2.24) is 0 Å². The average molecular weight is 411 g/mol. The van der Waals surface area contributed by atoms with Crippen molar-refractivity contribution < 1.29 is 23.8 Å². The van der Waals surface area contributed by atoms with Gasteiger partial charge >= 0.3 is 5.97 Å². The van der Waals surface area contributed by atoms with E-state index in [1.54, 1.807) is 36.4 Å². The maximum Gasteiger partial charge on any atom is 0.333 e. The molecule has 0 aliphatic rings. The zero-order chi connectivity index (χ0) is 22.1. The summed E-state index contributed by atoms with van der Waals surface area (Å²) in [6, 6.07) is 11.2. The van der Waals surface area contributed by atoms with Gasteiger partial charge in [-0.15, -0.1) is 0 Å². The predicted molar refractivity (Wildman–Crippen MR) is 111 cm³/mol. The van der Waals surface area contributed by atoms with Crippen LogP contribution >= 0.6 is 0 Å². The van der Waals surface area contributed by atoms with E-state index >= 15 is 0 Å². The molecule has 0 heterocycles. The van der Waals surface area contributed by atoms with E-state index in [2.05, 4.69) is 5.32 Å². The van der Waals surface area contributed by atoms with E-state index in [-0.39, 0.29) is 12.4 Å². The quantitative estimate of drug-likeness (QED) is 0.576. The number of nitrogens with two attached hydrogens (primary N) is 1. The van der Waals surface area contributed by atoms with Crippen LogP contribution in [0.1, 0.15) is 36.6 Å². The number of carbonyl (C=O) groups is 2. The van der Waals surface area contributed by atoms with Gasteiger partial charge in [-0.3, -0.25) is 4.79 Å². The Labute approximate surface area is 175 Å². The number of ether oxygens (including phenoxy) is 3. The van der Waals surface area contributed by atoms with E-state index in [1.807, 2.05) is 19.9 Å². The van der Waals surface area contributed by atoms with Crippen LogP contribution in [0.2, 0.25) is 0 Å². The largest absolute Gasteiger partial charge is 0.493 e. The molecule has 158 valence electrons. The summed E-state index contributed by atoms with van der Waals surface area (Å²) in [5, 5.41) is 12.1. The number of methoxy groups -OCH3 is 1. The lowest BCUT2D eigenvalue weighted by molar-refractivity contribution is -0.141. The summed E-state index contributed by atoms with van der Waals surface area (Å²) >= 11 is 0. The molecule has 0 saturated carbocycles. The predicted octanol–water partition coefficient (Wildman–Crippen LogP) is 2.71. The Morgan fingerprint density at radius 1 is 1.13 bits per heavy atom. The Kier molecular flexibility index (Phi) is 8.06. The lowest BCUT2D eigenvalue weighted by Crippen LogP contribution is -2.25. The van der Waals surface area contributed by atoms with Crippen molar-refractivity contribution in [2.75, 3.05) is 25.6 Å². The summed E-state index contributed by atoms with van der Waals surface area (Å²) in [5.74, 6) is -0.307. The van der Waals surface area contributed by atoms with Gasteiger partial charge in [0.1, 0.15) is 11.5 Å². The van der Waals surface area contributed by atoms with Crippen LogP contribution < -0.4 is 20.5 Å². The number of rotatable bonds is 10. The standard InChI is InChI=1S/C22H25N3O5/c1-4-15-10-17(19(30-13-20(24)26)11-18(15)29-5-2)21(22(27)28-3)25-16-8-6-14(12-23)7-9-16/h6-11,21,25H,4-5,13H2,1-3H3,(H2,24,26). The zero-order valence-electron chi connectivity index (χ0n) is 17.2. The summed E-state index contributed by atoms with van der Waals surface area (Å²) in [5.41, 5.74) is 7.68. The number of esters is 1.